The van der Waals surface area contributed by atoms with Gasteiger partial charge in [0.1, 0.15) is 0 Å². The van der Waals surface area contributed by atoms with E-state index in [1.807, 2.05) is 0 Å². The number of ether oxygens (including phenoxy) is 1. The maximum absolute atomic E-state index is 13.0. The Labute approximate surface area is 171 Å². The van der Waals surface area contributed by atoms with Gasteiger partial charge in [-0.2, -0.15) is 0 Å². The highest BCUT2D eigenvalue weighted by molar-refractivity contribution is 5.72. The van der Waals surface area contributed by atoms with Crippen molar-refractivity contribution in [3.63, 3.8) is 0 Å². The lowest BCUT2D eigenvalue weighted by molar-refractivity contribution is -0.152. The summed E-state index contributed by atoms with van der Waals surface area (Å²) in [5.74, 6) is 2.00. The van der Waals surface area contributed by atoms with Crippen LogP contribution >= 0.6 is 0 Å². The highest BCUT2D eigenvalue weighted by Crippen LogP contribution is 2.29. The predicted octanol–water partition coefficient (Wildman–Crippen LogP) is 8.19. The monoisotopic (exact) mass is 382 g/mol. The van der Waals surface area contributed by atoms with Gasteiger partial charge in [0.25, 0.3) is 0 Å². The molecule has 0 aromatic heterocycles. The van der Waals surface area contributed by atoms with Gasteiger partial charge in [0.05, 0.1) is 12.5 Å². The fraction of sp³-hybridized carbons (Fsp3) is 0.960. The Morgan fingerprint density at radius 2 is 1.37 bits per heavy atom. The topological polar surface area (TPSA) is 26.3 Å². The molecule has 0 amide bonds. The van der Waals surface area contributed by atoms with Crippen molar-refractivity contribution < 1.29 is 9.53 Å². The van der Waals surface area contributed by atoms with Crippen LogP contribution in [0.2, 0.25) is 0 Å². The molecule has 0 saturated heterocycles. The molecule has 0 aromatic carbocycles. The number of carbonyl (C=O) groups excluding carboxylic acids is 1. The predicted molar refractivity (Wildman–Crippen MR) is 119 cm³/mol. The Morgan fingerprint density at radius 3 is 1.93 bits per heavy atom. The Bertz CT molecular complexity index is 337. The van der Waals surface area contributed by atoms with E-state index in [1.54, 1.807) is 0 Å². The van der Waals surface area contributed by atoms with E-state index in [4.69, 9.17) is 4.74 Å². The van der Waals surface area contributed by atoms with Gasteiger partial charge >= 0.3 is 5.97 Å². The maximum Gasteiger partial charge on any atom is 0.309 e. The molecule has 0 heterocycles. The van der Waals surface area contributed by atoms with Gasteiger partial charge in [-0.3, -0.25) is 4.79 Å². The minimum atomic E-state index is 0.0952. The van der Waals surface area contributed by atoms with Crippen molar-refractivity contribution in [1.82, 2.24) is 0 Å². The van der Waals surface area contributed by atoms with Gasteiger partial charge in [-0.05, 0) is 37.0 Å². The van der Waals surface area contributed by atoms with Gasteiger partial charge < -0.3 is 4.74 Å². The summed E-state index contributed by atoms with van der Waals surface area (Å²) in [4.78, 5) is 13.0. The Kier molecular flexibility index (Phi) is 17.2. The second-order valence-corrected chi connectivity index (χ2v) is 9.00. The first-order valence-electron chi connectivity index (χ1n) is 12.2. The Balaban J connectivity index is 4.72. The second kappa shape index (κ2) is 17.6. The zero-order valence-corrected chi connectivity index (χ0v) is 19.5. The van der Waals surface area contributed by atoms with Crippen LogP contribution in [-0.4, -0.2) is 12.6 Å². The largest absolute Gasteiger partial charge is 0.465 e. The molecule has 3 unspecified atom stereocenters. The van der Waals surface area contributed by atoms with Crippen LogP contribution in [0, 0.1) is 23.7 Å². The maximum atomic E-state index is 13.0. The number of rotatable bonds is 18. The van der Waals surface area contributed by atoms with Crippen LogP contribution in [0.15, 0.2) is 0 Å². The van der Waals surface area contributed by atoms with Crippen molar-refractivity contribution in [1.29, 1.82) is 0 Å². The molecule has 27 heavy (non-hydrogen) atoms. The van der Waals surface area contributed by atoms with Gasteiger partial charge in [-0.15, -0.1) is 0 Å². The number of hydrogen-bond donors (Lipinski definition) is 0. The molecule has 0 N–H and O–H groups in total. The molecule has 0 aliphatic carbocycles. The standard InChI is InChI=1S/C25H50O2/c1-7-11-13-18-23(10-4)24(19-15-14-16-21(5)6)25(26)27-20-22(9-3)17-12-8-2/h21-24H,7-20H2,1-6H3. The van der Waals surface area contributed by atoms with E-state index in [-0.39, 0.29) is 11.9 Å². The quantitative estimate of drug-likeness (QED) is 0.176. The first-order chi connectivity index (χ1) is 13.0. The normalized spacial score (nSPS) is 14.9. The molecule has 2 nitrogen and oxygen atoms in total. The summed E-state index contributed by atoms with van der Waals surface area (Å²) < 4.78 is 5.88. The van der Waals surface area contributed by atoms with E-state index in [0.717, 1.165) is 31.6 Å². The number of esters is 1. The zero-order chi connectivity index (χ0) is 20.5. The van der Waals surface area contributed by atoms with Gasteiger partial charge in [0.15, 0.2) is 0 Å². The van der Waals surface area contributed by atoms with Crippen molar-refractivity contribution >= 4 is 5.97 Å². The van der Waals surface area contributed by atoms with Gasteiger partial charge in [-0.1, -0.05) is 106 Å². The molecule has 0 aliphatic rings. The van der Waals surface area contributed by atoms with Crippen LogP contribution < -0.4 is 0 Å². The molecule has 0 radical (unpaired) electrons. The molecular weight excluding hydrogens is 332 g/mol. The fourth-order valence-corrected chi connectivity index (χ4v) is 4.01. The smallest absolute Gasteiger partial charge is 0.309 e. The van der Waals surface area contributed by atoms with E-state index in [1.165, 1.54) is 57.8 Å². The van der Waals surface area contributed by atoms with E-state index >= 15 is 0 Å². The average molecular weight is 383 g/mol. The number of hydrogen-bond acceptors (Lipinski definition) is 2. The van der Waals surface area contributed by atoms with Gasteiger partial charge in [-0.25, -0.2) is 0 Å². The first kappa shape index (κ1) is 26.5. The van der Waals surface area contributed by atoms with Crippen molar-refractivity contribution in [3.8, 4) is 0 Å². The summed E-state index contributed by atoms with van der Waals surface area (Å²) in [6.07, 6.45) is 15.5. The van der Waals surface area contributed by atoms with Crippen LogP contribution in [0.25, 0.3) is 0 Å². The third-order valence-electron chi connectivity index (χ3n) is 6.13. The van der Waals surface area contributed by atoms with E-state index < -0.39 is 0 Å². The minimum absolute atomic E-state index is 0.0952. The zero-order valence-electron chi connectivity index (χ0n) is 19.5. The fourth-order valence-electron chi connectivity index (χ4n) is 4.01. The molecule has 0 aliphatic heterocycles. The highest BCUT2D eigenvalue weighted by atomic mass is 16.5. The van der Waals surface area contributed by atoms with Crippen LogP contribution in [0.3, 0.4) is 0 Å². The van der Waals surface area contributed by atoms with Crippen molar-refractivity contribution in [2.24, 2.45) is 23.7 Å². The molecular formula is C25H50O2. The summed E-state index contributed by atoms with van der Waals surface area (Å²) in [7, 11) is 0. The third-order valence-corrected chi connectivity index (χ3v) is 6.13. The minimum Gasteiger partial charge on any atom is -0.465 e. The second-order valence-electron chi connectivity index (χ2n) is 9.00. The van der Waals surface area contributed by atoms with Crippen LogP contribution in [0.4, 0.5) is 0 Å². The van der Waals surface area contributed by atoms with Crippen molar-refractivity contribution in [2.75, 3.05) is 6.61 Å². The molecule has 3 atom stereocenters. The van der Waals surface area contributed by atoms with E-state index in [9.17, 15) is 4.79 Å². The first-order valence-corrected chi connectivity index (χ1v) is 12.2. The molecule has 162 valence electrons. The third kappa shape index (κ3) is 13.3. The Morgan fingerprint density at radius 1 is 0.741 bits per heavy atom. The van der Waals surface area contributed by atoms with E-state index in [2.05, 4.69) is 41.5 Å². The molecule has 0 rings (SSSR count). The number of unbranched alkanes of at least 4 members (excludes halogenated alkanes) is 4. The van der Waals surface area contributed by atoms with Crippen LogP contribution in [0.1, 0.15) is 125 Å². The van der Waals surface area contributed by atoms with Crippen molar-refractivity contribution in [2.45, 2.75) is 125 Å². The lowest BCUT2D eigenvalue weighted by Crippen LogP contribution is -2.27. The summed E-state index contributed by atoms with van der Waals surface area (Å²) in [6, 6.07) is 0. The van der Waals surface area contributed by atoms with Gasteiger partial charge in [0.2, 0.25) is 0 Å². The molecule has 0 aromatic rings. The van der Waals surface area contributed by atoms with Crippen molar-refractivity contribution in [3.05, 3.63) is 0 Å². The summed E-state index contributed by atoms with van der Waals surface area (Å²) in [5.41, 5.74) is 0. The highest BCUT2D eigenvalue weighted by Gasteiger charge is 2.28. The lowest BCUT2D eigenvalue weighted by atomic mass is 9.82. The molecule has 0 saturated carbocycles. The SMILES string of the molecule is CCCCCC(CC)C(CCCCC(C)C)C(=O)OCC(CC)CCCC. The molecule has 0 bridgehead atoms. The Hall–Kier alpha value is -0.530. The summed E-state index contributed by atoms with van der Waals surface area (Å²) in [5, 5.41) is 0. The van der Waals surface area contributed by atoms with Crippen LogP contribution in [-0.2, 0) is 9.53 Å². The van der Waals surface area contributed by atoms with Crippen LogP contribution in [0.5, 0.6) is 0 Å². The number of carbonyl (C=O) groups is 1. The summed E-state index contributed by atoms with van der Waals surface area (Å²) >= 11 is 0. The lowest BCUT2D eigenvalue weighted by Gasteiger charge is -2.26. The average Bonchev–Trinajstić information content (AvgIpc) is 2.66. The van der Waals surface area contributed by atoms with E-state index in [0.29, 0.717) is 18.4 Å². The summed E-state index contributed by atoms with van der Waals surface area (Å²) in [6.45, 7) is 14.1. The molecule has 0 fully saturated rings. The van der Waals surface area contributed by atoms with Gasteiger partial charge in [0, 0.05) is 0 Å². The molecule has 2 heteroatoms. The molecule has 0 spiro atoms.